The average molecular weight is 339 g/mol. The fourth-order valence-electron chi connectivity index (χ4n) is 2.96. The second-order valence-electron chi connectivity index (χ2n) is 6.47. The van der Waals surface area contributed by atoms with E-state index in [0.717, 1.165) is 24.7 Å². The summed E-state index contributed by atoms with van der Waals surface area (Å²) in [7, 11) is 8.15. The van der Waals surface area contributed by atoms with Gasteiger partial charge in [0.15, 0.2) is 5.96 Å². The number of nitrogens with zero attached hydrogens (tertiary/aromatic N) is 4. The summed E-state index contributed by atoms with van der Waals surface area (Å²) in [5.74, 6) is 3.26. The number of aryl methyl sites for hydroxylation is 2. The maximum atomic E-state index is 4.46. The van der Waals surface area contributed by atoms with Gasteiger partial charge in [0, 0.05) is 49.7 Å². The van der Waals surface area contributed by atoms with Crippen molar-refractivity contribution in [2.24, 2.45) is 12.0 Å². The van der Waals surface area contributed by atoms with Gasteiger partial charge in [-0.2, -0.15) is 16.9 Å². The molecule has 0 spiro atoms. The maximum absolute atomic E-state index is 4.46. The Balaban J connectivity index is 1.93. The van der Waals surface area contributed by atoms with Crippen LogP contribution in [0.5, 0.6) is 0 Å². The zero-order valence-electron chi connectivity index (χ0n) is 15.2. The van der Waals surface area contributed by atoms with Crippen molar-refractivity contribution in [3.05, 3.63) is 17.0 Å². The molecule has 0 radical (unpaired) electrons. The molecule has 2 heterocycles. The van der Waals surface area contributed by atoms with Gasteiger partial charge in [0.1, 0.15) is 0 Å². The smallest absolute Gasteiger partial charge is 0.191 e. The summed E-state index contributed by atoms with van der Waals surface area (Å²) >= 11 is 2.03. The van der Waals surface area contributed by atoms with Crippen LogP contribution in [-0.4, -0.2) is 65.4 Å². The lowest BCUT2D eigenvalue weighted by Gasteiger charge is -2.36. The van der Waals surface area contributed by atoms with Crippen LogP contribution in [0.3, 0.4) is 0 Å². The molecule has 0 amide bonds. The first-order valence-corrected chi connectivity index (χ1v) is 9.24. The van der Waals surface area contributed by atoms with E-state index in [1.165, 1.54) is 29.2 Å². The highest BCUT2D eigenvalue weighted by molar-refractivity contribution is 7.99. The van der Waals surface area contributed by atoms with Gasteiger partial charge in [0.25, 0.3) is 0 Å². The van der Waals surface area contributed by atoms with Gasteiger partial charge >= 0.3 is 0 Å². The van der Waals surface area contributed by atoms with Gasteiger partial charge in [-0.25, -0.2) is 0 Å². The number of hydrogen-bond acceptors (Lipinski definition) is 4. The van der Waals surface area contributed by atoms with E-state index in [1.807, 2.05) is 30.5 Å². The minimum atomic E-state index is 0.225. The van der Waals surface area contributed by atoms with Crippen molar-refractivity contribution >= 4 is 17.7 Å². The van der Waals surface area contributed by atoms with Crippen LogP contribution in [0.4, 0.5) is 0 Å². The lowest BCUT2D eigenvalue weighted by atomic mass is 9.97. The van der Waals surface area contributed by atoms with Crippen molar-refractivity contribution in [3.8, 4) is 0 Å². The van der Waals surface area contributed by atoms with Gasteiger partial charge in [-0.15, -0.1) is 0 Å². The van der Waals surface area contributed by atoms with Crippen LogP contribution in [-0.2, 0) is 13.6 Å². The van der Waals surface area contributed by atoms with Crippen molar-refractivity contribution in [2.75, 3.05) is 39.2 Å². The summed E-state index contributed by atoms with van der Waals surface area (Å²) < 4.78 is 1.93. The van der Waals surface area contributed by atoms with E-state index in [9.17, 15) is 0 Å². The van der Waals surface area contributed by atoms with Gasteiger partial charge < -0.3 is 15.5 Å². The van der Waals surface area contributed by atoms with E-state index in [2.05, 4.69) is 53.6 Å². The molecule has 1 aromatic heterocycles. The SMILES string of the molecule is CN=C(NCc1c(C)nn(C)c1C)NCC1(N(C)C)CCSC1. The van der Waals surface area contributed by atoms with Crippen molar-refractivity contribution < 1.29 is 0 Å². The lowest BCUT2D eigenvalue weighted by Crippen LogP contribution is -2.54. The first-order valence-electron chi connectivity index (χ1n) is 8.08. The zero-order valence-corrected chi connectivity index (χ0v) is 16.0. The van der Waals surface area contributed by atoms with Crippen LogP contribution >= 0.6 is 11.8 Å². The quantitative estimate of drug-likeness (QED) is 0.623. The molecule has 1 saturated heterocycles. The summed E-state index contributed by atoms with van der Waals surface area (Å²) in [6.45, 7) is 5.81. The molecule has 1 aliphatic heterocycles. The van der Waals surface area contributed by atoms with Crippen molar-refractivity contribution in [2.45, 2.75) is 32.4 Å². The number of hydrogen-bond donors (Lipinski definition) is 2. The maximum Gasteiger partial charge on any atom is 0.191 e. The van der Waals surface area contributed by atoms with Crippen molar-refractivity contribution in [3.63, 3.8) is 0 Å². The number of nitrogens with one attached hydrogen (secondary N) is 2. The van der Waals surface area contributed by atoms with E-state index in [1.54, 1.807) is 0 Å². The second kappa shape index (κ2) is 7.57. The first-order chi connectivity index (χ1) is 10.9. The third kappa shape index (κ3) is 4.01. The molecule has 130 valence electrons. The lowest BCUT2D eigenvalue weighted by molar-refractivity contribution is 0.183. The monoisotopic (exact) mass is 338 g/mol. The molecule has 1 aliphatic rings. The van der Waals surface area contributed by atoms with Gasteiger partial charge in [0.05, 0.1) is 5.69 Å². The molecule has 7 heteroatoms. The predicted octanol–water partition coefficient (Wildman–Crippen LogP) is 1.14. The van der Waals surface area contributed by atoms with E-state index in [-0.39, 0.29) is 5.54 Å². The molecule has 0 bridgehead atoms. The molecule has 0 saturated carbocycles. The number of aliphatic imine (C=N–C) groups is 1. The Labute approximate surface area is 144 Å². The molecule has 2 rings (SSSR count). The van der Waals surface area contributed by atoms with Crippen molar-refractivity contribution in [1.29, 1.82) is 0 Å². The van der Waals surface area contributed by atoms with E-state index in [4.69, 9.17) is 0 Å². The number of likely N-dealkylation sites (N-methyl/N-ethyl adjacent to an activating group) is 1. The zero-order chi connectivity index (χ0) is 17.0. The van der Waals surface area contributed by atoms with Crippen LogP contribution in [0.25, 0.3) is 0 Å². The summed E-state index contributed by atoms with van der Waals surface area (Å²) in [5, 5.41) is 11.4. The van der Waals surface area contributed by atoms with Crippen molar-refractivity contribution in [1.82, 2.24) is 25.3 Å². The third-order valence-corrected chi connectivity index (χ3v) is 6.17. The largest absolute Gasteiger partial charge is 0.355 e. The molecule has 1 aromatic rings. The van der Waals surface area contributed by atoms with Crippen LogP contribution in [0.1, 0.15) is 23.4 Å². The summed E-state index contributed by atoms with van der Waals surface area (Å²) in [6.07, 6.45) is 1.22. The number of guanidine groups is 1. The van der Waals surface area contributed by atoms with Gasteiger partial charge in [-0.1, -0.05) is 0 Å². The summed E-state index contributed by atoms with van der Waals surface area (Å²) in [6, 6.07) is 0. The molecule has 0 aromatic carbocycles. The minimum absolute atomic E-state index is 0.225. The number of thioether (sulfide) groups is 1. The molecule has 1 fully saturated rings. The number of rotatable bonds is 5. The Morgan fingerprint density at radius 3 is 2.61 bits per heavy atom. The Bertz CT molecular complexity index is 557. The summed E-state index contributed by atoms with van der Waals surface area (Å²) in [4.78, 5) is 6.71. The standard InChI is InChI=1S/C16H30N6S/c1-12-14(13(2)22(6)20-12)9-18-15(17-3)19-10-16(21(4)5)7-8-23-11-16/h7-11H2,1-6H3,(H2,17,18,19). The van der Waals surface area contributed by atoms with Gasteiger partial charge in [-0.3, -0.25) is 9.67 Å². The highest BCUT2D eigenvalue weighted by atomic mass is 32.2. The molecule has 23 heavy (non-hydrogen) atoms. The van der Waals surface area contributed by atoms with Crippen LogP contribution in [0, 0.1) is 13.8 Å². The molecule has 2 N–H and O–H groups in total. The Kier molecular flexibility index (Phi) is 5.97. The summed E-state index contributed by atoms with van der Waals surface area (Å²) in [5.41, 5.74) is 3.74. The molecular weight excluding hydrogens is 308 g/mol. The van der Waals surface area contributed by atoms with Crippen LogP contribution in [0.15, 0.2) is 4.99 Å². The molecule has 6 nitrogen and oxygen atoms in total. The van der Waals surface area contributed by atoms with Crippen LogP contribution in [0.2, 0.25) is 0 Å². The fraction of sp³-hybridized carbons (Fsp3) is 0.750. The minimum Gasteiger partial charge on any atom is -0.355 e. The van der Waals surface area contributed by atoms with Gasteiger partial charge in [-0.05, 0) is 40.1 Å². The molecule has 1 atom stereocenters. The average Bonchev–Trinajstić information content (AvgIpc) is 3.08. The molecule has 1 unspecified atom stereocenters. The van der Waals surface area contributed by atoms with E-state index < -0.39 is 0 Å². The topological polar surface area (TPSA) is 57.5 Å². The highest BCUT2D eigenvalue weighted by Gasteiger charge is 2.36. The second-order valence-corrected chi connectivity index (χ2v) is 7.58. The Morgan fingerprint density at radius 1 is 1.39 bits per heavy atom. The molecular formula is C16H30N6S. The van der Waals surface area contributed by atoms with Gasteiger partial charge in [0.2, 0.25) is 0 Å². The van der Waals surface area contributed by atoms with E-state index in [0.29, 0.717) is 0 Å². The van der Waals surface area contributed by atoms with Crippen LogP contribution < -0.4 is 10.6 Å². The Morgan fingerprint density at radius 2 is 2.13 bits per heavy atom. The predicted molar refractivity (Wildman–Crippen MR) is 99.2 cm³/mol. The van der Waals surface area contributed by atoms with E-state index >= 15 is 0 Å². The third-order valence-electron chi connectivity index (χ3n) is 4.93. The normalized spacial score (nSPS) is 22.0. The molecule has 0 aliphatic carbocycles. The number of aromatic nitrogens is 2. The fourth-order valence-corrected chi connectivity index (χ4v) is 4.51. The Hall–Kier alpha value is -1.21. The highest BCUT2D eigenvalue weighted by Crippen LogP contribution is 2.31. The first kappa shape index (κ1) is 18.1.